The van der Waals surface area contributed by atoms with Crippen molar-refractivity contribution in [3.63, 3.8) is 0 Å². The molecule has 27 heavy (non-hydrogen) atoms. The van der Waals surface area contributed by atoms with Crippen molar-refractivity contribution in [1.82, 2.24) is 4.72 Å². The summed E-state index contributed by atoms with van der Waals surface area (Å²) in [4.78, 5) is 12.0. The number of aromatic carboxylic acids is 1. The lowest BCUT2D eigenvalue weighted by molar-refractivity contribution is 0.0703. The first-order chi connectivity index (χ1) is 12.4. The fourth-order valence-corrected chi connectivity index (χ4v) is 5.36. The Morgan fingerprint density at radius 2 is 1.93 bits per heavy atom. The van der Waals surface area contributed by atoms with Crippen LogP contribution in [0.5, 0.6) is 0 Å². The molecule has 0 atom stereocenters. The van der Waals surface area contributed by atoms with Crippen molar-refractivity contribution >= 4 is 27.3 Å². The van der Waals surface area contributed by atoms with E-state index in [2.05, 4.69) is 4.72 Å². The molecule has 1 aromatic heterocycles. The number of thiophene rings is 1. The predicted octanol–water partition coefficient (Wildman–Crippen LogP) is 3.91. The van der Waals surface area contributed by atoms with E-state index in [1.54, 1.807) is 24.4 Å². The topological polar surface area (TPSA) is 92.7 Å². The quantitative estimate of drug-likeness (QED) is 0.703. The van der Waals surface area contributed by atoms with E-state index in [0.717, 1.165) is 22.5 Å². The van der Waals surface area contributed by atoms with Crippen LogP contribution in [0.15, 0.2) is 22.4 Å². The summed E-state index contributed by atoms with van der Waals surface area (Å²) in [5, 5.41) is 11.3. The van der Waals surface area contributed by atoms with Crippen molar-refractivity contribution in [2.24, 2.45) is 0 Å². The van der Waals surface area contributed by atoms with Gasteiger partial charge in [0.1, 0.15) is 11.6 Å². The summed E-state index contributed by atoms with van der Waals surface area (Å²) in [6.45, 7) is 9.52. The number of rotatable bonds is 6. The van der Waals surface area contributed by atoms with Gasteiger partial charge in [0.2, 0.25) is 10.0 Å². The zero-order valence-corrected chi connectivity index (χ0v) is 18.0. The Morgan fingerprint density at radius 3 is 2.44 bits per heavy atom. The molecule has 8 heteroatoms. The van der Waals surface area contributed by atoms with Crippen LogP contribution in [0.2, 0.25) is 0 Å². The van der Waals surface area contributed by atoms with Gasteiger partial charge in [0.15, 0.2) is 0 Å². The number of carboxylic acid groups (broad SMARTS) is 1. The van der Waals surface area contributed by atoms with Crippen molar-refractivity contribution in [2.75, 3.05) is 13.8 Å². The van der Waals surface area contributed by atoms with E-state index in [-0.39, 0.29) is 21.9 Å². The summed E-state index contributed by atoms with van der Waals surface area (Å²) in [6.07, 6.45) is 0. The number of hydrogen-bond acceptors (Lipinski definition) is 5. The number of carboxylic acids is 1. The summed E-state index contributed by atoms with van der Waals surface area (Å²) in [5.74, 6) is -1.03. The number of sulfonamides is 1. The number of ether oxygens (including phenoxy) is 1. The molecule has 0 aliphatic rings. The molecule has 0 saturated heterocycles. The second kappa shape index (κ2) is 7.71. The summed E-state index contributed by atoms with van der Waals surface area (Å²) in [6, 6.07) is 3.38. The van der Waals surface area contributed by atoms with Crippen molar-refractivity contribution in [3.05, 3.63) is 39.1 Å². The van der Waals surface area contributed by atoms with E-state index >= 15 is 0 Å². The van der Waals surface area contributed by atoms with Crippen LogP contribution < -0.4 is 4.72 Å². The average molecular weight is 412 g/mol. The van der Waals surface area contributed by atoms with Crippen molar-refractivity contribution in [2.45, 2.75) is 44.9 Å². The van der Waals surface area contributed by atoms with Crippen molar-refractivity contribution < 1.29 is 23.1 Å². The Balaban J connectivity index is 2.91. The molecule has 2 N–H and O–H groups in total. The van der Waals surface area contributed by atoms with E-state index in [0.29, 0.717) is 16.7 Å². The Bertz CT molecular complexity index is 969. The highest BCUT2D eigenvalue weighted by molar-refractivity contribution is 7.89. The lowest BCUT2D eigenvalue weighted by Gasteiger charge is -2.28. The zero-order chi connectivity index (χ0) is 20.6. The van der Waals surface area contributed by atoms with Gasteiger partial charge in [0.05, 0.1) is 4.90 Å². The highest BCUT2D eigenvalue weighted by atomic mass is 32.2. The van der Waals surface area contributed by atoms with E-state index in [1.165, 1.54) is 7.11 Å². The zero-order valence-electron chi connectivity index (χ0n) is 16.3. The van der Waals surface area contributed by atoms with Crippen LogP contribution in [-0.2, 0) is 20.2 Å². The molecule has 0 bridgehead atoms. The Kier molecular flexibility index (Phi) is 6.16. The SMILES string of the molecule is COCNS(=O)(=O)c1cc(C)c(C(C)(C)C)c(-c2ccsc2C(=O)O)c1C. The van der Waals surface area contributed by atoms with E-state index in [1.807, 2.05) is 27.7 Å². The first kappa shape index (κ1) is 21.6. The van der Waals surface area contributed by atoms with Gasteiger partial charge in [-0.3, -0.25) is 0 Å². The van der Waals surface area contributed by atoms with Crippen molar-refractivity contribution in [3.8, 4) is 11.1 Å². The fraction of sp³-hybridized carbons (Fsp3) is 0.421. The van der Waals surface area contributed by atoms with E-state index in [9.17, 15) is 18.3 Å². The minimum absolute atomic E-state index is 0.127. The number of benzene rings is 1. The number of hydrogen-bond donors (Lipinski definition) is 2. The molecule has 0 unspecified atom stereocenters. The van der Waals surface area contributed by atoms with Crippen LogP contribution in [0.3, 0.4) is 0 Å². The molecule has 1 aromatic carbocycles. The minimum atomic E-state index is -3.80. The molecular weight excluding hydrogens is 386 g/mol. The standard InChI is InChI=1S/C19H25NO5S2/c1-11-9-14(27(23,24)20-10-25-6)12(2)15(16(11)19(3,4)5)13-7-8-26-17(13)18(21)22/h7-9,20H,10H2,1-6H3,(H,21,22). The number of nitrogens with one attached hydrogen (secondary N) is 1. The van der Waals surface area contributed by atoms with E-state index < -0.39 is 16.0 Å². The maximum atomic E-state index is 12.8. The van der Waals surface area contributed by atoms with Gasteiger partial charge in [-0.1, -0.05) is 20.8 Å². The van der Waals surface area contributed by atoms with Crippen LogP contribution in [0, 0.1) is 13.8 Å². The second-order valence-corrected chi connectivity index (χ2v) is 10.0. The molecule has 2 rings (SSSR count). The molecule has 0 aliphatic heterocycles. The molecule has 0 saturated carbocycles. The lowest BCUT2D eigenvalue weighted by atomic mass is 9.77. The highest BCUT2D eigenvalue weighted by Gasteiger charge is 2.30. The Hall–Kier alpha value is -1.74. The summed E-state index contributed by atoms with van der Waals surface area (Å²) in [5.41, 5.74) is 3.16. The second-order valence-electron chi connectivity index (χ2n) is 7.37. The summed E-state index contributed by atoms with van der Waals surface area (Å²) < 4.78 is 32.8. The van der Waals surface area contributed by atoms with Gasteiger partial charge in [-0.25, -0.2) is 13.2 Å². The molecular formula is C19H25NO5S2. The predicted molar refractivity (Wildman–Crippen MR) is 107 cm³/mol. The molecule has 0 aliphatic carbocycles. The Morgan fingerprint density at radius 1 is 1.30 bits per heavy atom. The average Bonchev–Trinajstić information content (AvgIpc) is 3.02. The van der Waals surface area contributed by atoms with Gasteiger partial charge < -0.3 is 9.84 Å². The first-order valence-corrected chi connectivity index (χ1v) is 10.7. The number of aryl methyl sites for hydroxylation is 1. The van der Waals surface area contributed by atoms with Gasteiger partial charge in [-0.15, -0.1) is 11.3 Å². The molecule has 0 spiro atoms. The minimum Gasteiger partial charge on any atom is -0.477 e. The van der Waals surface area contributed by atoms with Gasteiger partial charge in [-0.05, 0) is 59.0 Å². The summed E-state index contributed by atoms with van der Waals surface area (Å²) >= 11 is 1.13. The molecule has 0 fully saturated rings. The monoisotopic (exact) mass is 411 g/mol. The van der Waals surface area contributed by atoms with Gasteiger partial charge in [-0.2, -0.15) is 4.72 Å². The molecule has 148 valence electrons. The normalized spacial score (nSPS) is 12.4. The summed E-state index contributed by atoms with van der Waals surface area (Å²) in [7, 11) is -2.40. The first-order valence-electron chi connectivity index (χ1n) is 8.36. The molecule has 0 radical (unpaired) electrons. The van der Waals surface area contributed by atoms with Crippen LogP contribution >= 0.6 is 11.3 Å². The highest BCUT2D eigenvalue weighted by Crippen LogP contribution is 2.42. The van der Waals surface area contributed by atoms with Gasteiger partial charge >= 0.3 is 5.97 Å². The van der Waals surface area contributed by atoms with Gasteiger partial charge in [0, 0.05) is 12.7 Å². The lowest BCUT2D eigenvalue weighted by Crippen LogP contribution is -2.27. The maximum Gasteiger partial charge on any atom is 0.346 e. The van der Waals surface area contributed by atoms with Gasteiger partial charge in [0.25, 0.3) is 0 Å². The van der Waals surface area contributed by atoms with Crippen LogP contribution in [0.1, 0.15) is 47.1 Å². The third kappa shape index (κ3) is 4.24. The third-order valence-electron chi connectivity index (χ3n) is 4.30. The smallest absolute Gasteiger partial charge is 0.346 e. The van der Waals surface area contributed by atoms with Crippen LogP contribution in [0.25, 0.3) is 11.1 Å². The third-order valence-corrected chi connectivity index (χ3v) is 6.70. The number of methoxy groups -OCH3 is 1. The van der Waals surface area contributed by atoms with Crippen LogP contribution in [-0.4, -0.2) is 33.3 Å². The Labute approximate surface area is 164 Å². The van der Waals surface area contributed by atoms with Crippen molar-refractivity contribution in [1.29, 1.82) is 0 Å². The largest absolute Gasteiger partial charge is 0.477 e. The molecule has 6 nitrogen and oxygen atoms in total. The van der Waals surface area contributed by atoms with Crippen LogP contribution in [0.4, 0.5) is 0 Å². The number of carbonyl (C=O) groups is 1. The maximum absolute atomic E-state index is 12.8. The molecule has 0 amide bonds. The molecule has 1 heterocycles. The van der Waals surface area contributed by atoms with E-state index in [4.69, 9.17) is 4.74 Å². The fourth-order valence-electron chi connectivity index (χ4n) is 3.35. The molecule has 2 aromatic rings.